The van der Waals surface area contributed by atoms with Gasteiger partial charge < -0.3 is 5.32 Å². The number of pyridine rings is 1. The molecule has 1 aromatic carbocycles. The number of sulfonamides is 1. The Labute approximate surface area is 126 Å². The average molecular weight is 356 g/mol. The molecule has 0 saturated heterocycles. The maximum atomic E-state index is 12.4. The number of hydrogen-bond acceptors (Lipinski definition) is 4. The van der Waals surface area contributed by atoms with E-state index in [0.29, 0.717) is 11.4 Å². The zero-order chi connectivity index (χ0) is 14.8. The van der Waals surface area contributed by atoms with E-state index in [1.165, 1.54) is 6.20 Å². The normalized spacial score (nSPS) is 11.2. The van der Waals surface area contributed by atoms with E-state index in [-0.39, 0.29) is 5.03 Å². The van der Waals surface area contributed by atoms with E-state index < -0.39 is 10.0 Å². The van der Waals surface area contributed by atoms with E-state index in [4.69, 9.17) is 0 Å². The quantitative estimate of drug-likeness (QED) is 0.884. The average Bonchev–Trinajstić information content (AvgIpc) is 2.42. The molecule has 2 N–H and O–H groups in total. The summed E-state index contributed by atoms with van der Waals surface area (Å²) in [5.74, 6) is 0. The van der Waals surface area contributed by atoms with Crippen LogP contribution in [0.4, 0.5) is 11.4 Å². The first-order valence-electron chi connectivity index (χ1n) is 5.86. The van der Waals surface area contributed by atoms with Gasteiger partial charge in [0.1, 0.15) is 0 Å². The third-order valence-corrected chi connectivity index (χ3v) is 4.54. The van der Waals surface area contributed by atoms with Gasteiger partial charge in [-0.3, -0.25) is 4.72 Å². The molecule has 106 valence electrons. The molecule has 0 aliphatic heterocycles. The largest absolute Gasteiger partial charge is 0.386 e. The van der Waals surface area contributed by atoms with Crippen LogP contribution >= 0.6 is 15.9 Å². The highest BCUT2D eigenvalue weighted by Crippen LogP contribution is 2.24. The number of halogens is 1. The Morgan fingerprint density at radius 1 is 1.20 bits per heavy atom. The van der Waals surface area contributed by atoms with Crippen molar-refractivity contribution in [3.63, 3.8) is 0 Å². The fourth-order valence-corrected chi connectivity index (χ4v) is 3.48. The number of anilines is 2. The number of aromatic nitrogens is 1. The second kappa shape index (κ2) is 5.80. The summed E-state index contributed by atoms with van der Waals surface area (Å²) in [6.07, 6.45) is 1.45. The maximum Gasteiger partial charge on any atom is 0.281 e. The van der Waals surface area contributed by atoms with E-state index in [9.17, 15) is 8.42 Å². The zero-order valence-corrected chi connectivity index (χ0v) is 13.4. The Morgan fingerprint density at radius 3 is 2.60 bits per heavy atom. The highest BCUT2D eigenvalue weighted by molar-refractivity contribution is 9.10. The van der Waals surface area contributed by atoms with Crippen LogP contribution in [-0.4, -0.2) is 20.4 Å². The highest BCUT2D eigenvalue weighted by Gasteiger charge is 2.20. The third-order valence-electron chi connectivity index (χ3n) is 2.73. The van der Waals surface area contributed by atoms with Crippen LogP contribution in [0.15, 0.2) is 46.0 Å². The summed E-state index contributed by atoms with van der Waals surface area (Å²) in [4.78, 5) is 3.94. The van der Waals surface area contributed by atoms with Crippen LogP contribution in [0.1, 0.15) is 5.56 Å². The maximum absolute atomic E-state index is 12.4. The monoisotopic (exact) mass is 355 g/mol. The van der Waals surface area contributed by atoms with Gasteiger partial charge in [-0.15, -0.1) is 0 Å². The van der Waals surface area contributed by atoms with E-state index >= 15 is 0 Å². The van der Waals surface area contributed by atoms with Crippen molar-refractivity contribution >= 4 is 37.3 Å². The Morgan fingerprint density at radius 2 is 1.95 bits per heavy atom. The number of benzene rings is 1. The van der Waals surface area contributed by atoms with Crippen LogP contribution in [0.2, 0.25) is 0 Å². The van der Waals surface area contributed by atoms with Gasteiger partial charge in [0.05, 0.1) is 11.4 Å². The van der Waals surface area contributed by atoms with Crippen LogP contribution in [0.3, 0.4) is 0 Å². The number of rotatable bonds is 4. The van der Waals surface area contributed by atoms with E-state index in [1.807, 2.05) is 13.0 Å². The molecule has 0 aliphatic rings. The molecule has 0 aliphatic carbocycles. The lowest BCUT2D eigenvalue weighted by atomic mass is 10.2. The minimum absolute atomic E-state index is 0.0233. The van der Waals surface area contributed by atoms with Gasteiger partial charge >= 0.3 is 0 Å². The lowest BCUT2D eigenvalue weighted by Crippen LogP contribution is -2.16. The molecule has 0 bridgehead atoms. The molecule has 0 amide bonds. The lowest BCUT2D eigenvalue weighted by Gasteiger charge is -2.12. The van der Waals surface area contributed by atoms with Crippen molar-refractivity contribution in [2.45, 2.75) is 11.9 Å². The molecule has 20 heavy (non-hydrogen) atoms. The molecule has 7 heteroatoms. The van der Waals surface area contributed by atoms with Gasteiger partial charge in [0.2, 0.25) is 0 Å². The minimum Gasteiger partial charge on any atom is -0.386 e. The highest BCUT2D eigenvalue weighted by atomic mass is 79.9. The van der Waals surface area contributed by atoms with E-state index in [2.05, 4.69) is 31.0 Å². The molecule has 0 atom stereocenters. The van der Waals surface area contributed by atoms with Crippen molar-refractivity contribution < 1.29 is 8.42 Å². The first kappa shape index (κ1) is 14.8. The summed E-state index contributed by atoms with van der Waals surface area (Å²) in [6, 6.07) is 8.67. The second-order valence-corrected chi connectivity index (χ2v) is 6.68. The minimum atomic E-state index is -3.73. The molecular weight excluding hydrogens is 342 g/mol. The van der Waals surface area contributed by atoms with Gasteiger partial charge in [0.25, 0.3) is 10.0 Å². The summed E-state index contributed by atoms with van der Waals surface area (Å²) < 4.78 is 28.2. The SMILES string of the molecule is CNc1cccnc1S(=O)(=O)Nc1ccc(Br)cc1C. The lowest BCUT2D eigenvalue weighted by molar-refractivity contribution is 0.598. The predicted molar refractivity (Wildman–Crippen MR) is 83.5 cm³/mol. The Balaban J connectivity index is 2.41. The van der Waals surface area contributed by atoms with Crippen LogP contribution in [0.25, 0.3) is 0 Å². The van der Waals surface area contributed by atoms with Crippen molar-refractivity contribution in [3.05, 3.63) is 46.6 Å². The molecule has 2 aromatic rings. The summed E-state index contributed by atoms with van der Waals surface area (Å²) in [5.41, 5.74) is 1.81. The van der Waals surface area contributed by atoms with Crippen LogP contribution < -0.4 is 10.0 Å². The van der Waals surface area contributed by atoms with Gasteiger partial charge in [0, 0.05) is 17.7 Å². The van der Waals surface area contributed by atoms with Crippen molar-refractivity contribution in [1.29, 1.82) is 0 Å². The molecule has 0 unspecified atom stereocenters. The zero-order valence-electron chi connectivity index (χ0n) is 11.0. The van der Waals surface area contributed by atoms with Crippen molar-refractivity contribution in [3.8, 4) is 0 Å². The molecular formula is C13H14BrN3O2S. The molecule has 0 fully saturated rings. The summed E-state index contributed by atoms with van der Waals surface area (Å²) in [6.45, 7) is 1.83. The summed E-state index contributed by atoms with van der Waals surface area (Å²) in [5, 5.41) is 2.80. The van der Waals surface area contributed by atoms with Gasteiger partial charge in [-0.25, -0.2) is 4.98 Å². The number of nitrogens with zero attached hydrogens (tertiary/aromatic N) is 1. The van der Waals surface area contributed by atoms with E-state index in [0.717, 1.165) is 10.0 Å². The molecule has 2 rings (SSSR count). The standard InChI is InChI=1S/C13H14BrN3O2S/c1-9-8-10(14)5-6-11(9)17-20(18,19)13-12(15-2)4-3-7-16-13/h3-8,15,17H,1-2H3. The van der Waals surface area contributed by atoms with Gasteiger partial charge in [0.15, 0.2) is 5.03 Å². The Hall–Kier alpha value is -1.60. The summed E-state index contributed by atoms with van der Waals surface area (Å²) >= 11 is 3.34. The Kier molecular flexibility index (Phi) is 4.29. The molecule has 1 aromatic heterocycles. The van der Waals surface area contributed by atoms with Gasteiger partial charge in [-0.1, -0.05) is 15.9 Å². The molecule has 0 spiro atoms. The van der Waals surface area contributed by atoms with Crippen molar-refractivity contribution in [2.75, 3.05) is 17.1 Å². The smallest absolute Gasteiger partial charge is 0.281 e. The molecule has 0 radical (unpaired) electrons. The first-order chi connectivity index (χ1) is 9.44. The van der Waals surface area contributed by atoms with E-state index in [1.54, 1.807) is 31.3 Å². The molecule has 1 heterocycles. The summed E-state index contributed by atoms with van der Waals surface area (Å²) in [7, 11) is -2.08. The fraction of sp³-hybridized carbons (Fsp3) is 0.154. The number of nitrogens with one attached hydrogen (secondary N) is 2. The molecule has 0 saturated carbocycles. The topological polar surface area (TPSA) is 71.1 Å². The first-order valence-corrected chi connectivity index (χ1v) is 8.13. The fourth-order valence-electron chi connectivity index (χ4n) is 1.73. The predicted octanol–water partition coefficient (Wildman–Crippen LogP) is 3.00. The van der Waals surface area contributed by atoms with Crippen LogP contribution in [0.5, 0.6) is 0 Å². The van der Waals surface area contributed by atoms with Crippen LogP contribution in [-0.2, 0) is 10.0 Å². The van der Waals surface area contributed by atoms with Crippen molar-refractivity contribution in [1.82, 2.24) is 4.98 Å². The Bertz CT molecular complexity index is 732. The van der Waals surface area contributed by atoms with Gasteiger partial charge in [-0.2, -0.15) is 8.42 Å². The van der Waals surface area contributed by atoms with Crippen molar-refractivity contribution in [2.24, 2.45) is 0 Å². The third kappa shape index (κ3) is 3.10. The second-order valence-electron chi connectivity index (χ2n) is 4.17. The molecule has 5 nitrogen and oxygen atoms in total. The van der Waals surface area contributed by atoms with Crippen LogP contribution in [0, 0.1) is 6.92 Å². The number of hydrogen-bond donors (Lipinski definition) is 2. The van der Waals surface area contributed by atoms with Gasteiger partial charge in [-0.05, 0) is 42.8 Å². The number of aryl methyl sites for hydroxylation is 1.